The molecule has 0 aromatic heterocycles. The highest BCUT2D eigenvalue weighted by atomic mass is 16.4. The van der Waals surface area contributed by atoms with Crippen LogP contribution in [0.1, 0.15) is 18.4 Å². The second-order valence-electron chi connectivity index (χ2n) is 4.19. The van der Waals surface area contributed by atoms with Crippen molar-refractivity contribution < 1.29 is 9.90 Å². The number of benzene rings is 1. The lowest BCUT2D eigenvalue weighted by molar-refractivity contribution is -0.138. The van der Waals surface area contributed by atoms with E-state index in [2.05, 4.69) is 5.92 Å². The van der Waals surface area contributed by atoms with Gasteiger partial charge >= 0.3 is 5.97 Å². The predicted octanol–water partition coefficient (Wildman–Crippen LogP) is 1.92. The van der Waals surface area contributed by atoms with Crippen molar-refractivity contribution in [2.24, 2.45) is 0 Å². The van der Waals surface area contributed by atoms with E-state index in [1.807, 2.05) is 29.2 Å². The number of hydrogen-bond acceptors (Lipinski definition) is 2. The van der Waals surface area contributed by atoms with Crippen LogP contribution < -0.4 is 4.90 Å². The van der Waals surface area contributed by atoms with E-state index in [0.29, 0.717) is 19.4 Å². The van der Waals surface area contributed by atoms with Gasteiger partial charge in [-0.15, -0.1) is 12.3 Å². The molecular weight excluding hydrogens is 214 g/mol. The second-order valence-corrected chi connectivity index (χ2v) is 4.19. The predicted molar refractivity (Wildman–Crippen MR) is 67.0 cm³/mol. The molecule has 0 radical (unpaired) electrons. The minimum atomic E-state index is -0.762. The number of rotatable bonds is 4. The average Bonchev–Trinajstić information content (AvgIpc) is 2.69. The summed E-state index contributed by atoms with van der Waals surface area (Å²) in [6, 6.07) is 7.42. The topological polar surface area (TPSA) is 40.5 Å². The number of unbranched alkanes of at least 4 members (excludes halogenated alkanes) is 1. The Balaban J connectivity index is 2.19. The standard InChI is InChI=1S/C14H15NO2/c1-2-3-6-9-15-12-8-5-4-7-11(12)10-13(15)14(16)17/h1,4-5,7-8,13H,3,6,9-10H2,(H,16,17). The first kappa shape index (κ1) is 11.5. The molecule has 2 rings (SSSR count). The van der Waals surface area contributed by atoms with Crippen LogP contribution in [-0.4, -0.2) is 23.7 Å². The van der Waals surface area contributed by atoms with Crippen LogP contribution in [0.5, 0.6) is 0 Å². The molecule has 1 aliphatic heterocycles. The smallest absolute Gasteiger partial charge is 0.326 e. The van der Waals surface area contributed by atoms with Crippen molar-refractivity contribution in [2.75, 3.05) is 11.4 Å². The third kappa shape index (κ3) is 2.26. The van der Waals surface area contributed by atoms with Gasteiger partial charge in [0.1, 0.15) is 6.04 Å². The summed E-state index contributed by atoms with van der Waals surface area (Å²) >= 11 is 0. The molecule has 3 nitrogen and oxygen atoms in total. The summed E-state index contributed by atoms with van der Waals surface area (Å²) in [7, 11) is 0. The molecule has 88 valence electrons. The maximum absolute atomic E-state index is 11.2. The fourth-order valence-corrected chi connectivity index (χ4v) is 2.30. The number of fused-ring (bicyclic) bond motifs is 1. The molecule has 0 amide bonds. The Morgan fingerprint density at radius 3 is 3.00 bits per heavy atom. The lowest BCUT2D eigenvalue weighted by atomic mass is 10.1. The summed E-state index contributed by atoms with van der Waals surface area (Å²) in [5, 5.41) is 9.23. The minimum absolute atomic E-state index is 0.440. The van der Waals surface area contributed by atoms with Gasteiger partial charge in [0, 0.05) is 25.1 Å². The van der Waals surface area contributed by atoms with Crippen molar-refractivity contribution in [3.63, 3.8) is 0 Å². The first-order valence-electron chi connectivity index (χ1n) is 5.75. The summed E-state index contributed by atoms with van der Waals surface area (Å²) < 4.78 is 0. The fourth-order valence-electron chi connectivity index (χ4n) is 2.30. The highest BCUT2D eigenvalue weighted by molar-refractivity contribution is 5.82. The lowest BCUT2D eigenvalue weighted by Gasteiger charge is -2.24. The molecule has 3 heteroatoms. The van der Waals surface area contributed by atoms with Crippen molar-refractivity contribution in [1.29, 1.82) is 0 Å². The van der Waals surface area contributed by atoms with Crippen molar-refractivity contribution >= 4 is 11.7 Å². The molecule has 1 aromatic rings. The first-order chi connectivity index (χ1) is 8.24. The Morgan fingerprint density at radius 2 is 2.29 bits per heavy atom. The van der Waals surface area contributed by atoms with Gasteiger partial charge in [0.05, 0.1) is 0 Å². The van der Waals surface area contributed by atoms with Crippen LogP contribution in [-0.2, 0) is 11.2 Å². The molecule has 0 saturated heterocycles. The zero-order valence-electron chi connectivity index (χ0n) is 9.60. The number of hydrogen-bond donors (Lipinski definition) is 1. The molecule has 17 heavy (non-hydrogen) atoms. The fraction of sp³-hybridized carbons (Fsp3) is 0.357. The Hall–Kier alpha value is -1.95. The first-order valence-corrected chi connectivity index (χ1v) is 5.75. The van der Waals surface area contributed by atoms with E-state index in [0.717, 1.165) is 17.7 Å². The van der Waals surface area contributed by atoms with E-state index in [4.69, 9.17) is 6.42 Å². The van der Waals surface area contributed by atoms with Crippen LogP contribution in [0.4, 0.5) is 5.69 Å². The molecule has 0 saturated carbocycles. The highest BCUT2D eigenvalue weighted by Crippen LogP contribution is 2.32. The largest absolute Gasteiger partial charge is 0.480 e. The molecule has 0 spiro atoms. The van der Waals surface area contributed by atoms with Crippen molar-refractivity contribution in [2.45, 2.75) is 25.3 Å². The molecule has 1 aliphatic rings. The van der Waals surface area contributed by atoms with Gasteiger partial charge in [-0.3, -0.25) is 0 Å². The van der Waals surface area contributed by atoms with E-state index < -0.39 is 12.0 Å². The van der Waals surface area contributed by atoms with Gasteiger partial charge in [-0.25, -0.2) is 4.79 Å². The minimum Gasteiger partial charge on any atom is -0.480 e. The van der Waals surface area contributed by atoms with Crippen LogP contribution in [0.15, 0.2) is 24.3 Å². The summed E-state index contributed by atoms with van der Waals surface area (Å²) in [5.74, 6) is 1.82. The summed E-state index contributed by atoms with van der Waals surface area (Å²) in [5.41, 5.74) is 2.15. The Morgan fingerprint density at radius 1 is 1.53 bits per heavy atom. The van der Waals surface area contributed by atoms with E-state index in [9.17, 15) is 9.90 Å². The normalized spacial score (nSPS) is 17.6. The number of carbonyl (C=O) groups is 1. The van der Waals surface area contributed by atoms with Gasteiger partial charge < -0.3 is 10.0 Å². The third-order valence-electron chi connectivity index (χ3n) is 3.10. The maximum atomic E-state index is 11.2. The van der Waals surface area contributed by atoms with Gasteiger partial charge in [-0.2, -0.15) is 0 Å². The van der Waals surface area contributed by atoms with E-state index in [1.54, 1.807) is 0 Å². The third-order valence-corrected chi connectivity index (χ3v) is 3.10. The number of para-hydroxylation sites is 1. The highest BCUT2D eigenvalue weighted by Gasteiger charge is 2.33. The number of terminal acetylenes is 1. The quantitative estimate of drug-likeness (QED) is 0.633. The molecule has 0 aliphatic carbocycles. The van der Waals surface area contributed by atoms with Gasteiger partial charge in [-0.05, 0) is 18.1 Å². The molecule has 0 bridgehead atoms. The van der Waals surface area contributed by atoms with Crippen LogP contribution in [0, 0.1) is 12.3 Å². The summed E-state index contributed by atoms with van der Waals surface area (Å²) in [4.78, 5) is 13.2. The second kappa shape index (κ2) is 4.92. The summed E-state index contributed by atoms with van der Waals surface area (Å²) in [6.07, 6.45) is 7.32. The van der Waals surface area contributed by atoms with Gasteiger partial charge in [0.15, 0.2) is 0 Å². The Kier molecular flexibility index (Phi) is 3.34. The Bertz CT molecular complexity index is 462. The van der Waals surface area contributed by atoms with Crippen LogP contribution in [0.3, 0.4) is 0 Å². The molecule has 1 atom stereocenters. The van der Waals surface area contributed by atoms with Crippen molar-refractivity contribution in [1.82, 2.24) is 0 Å². The number of carboxylic acids is 1. The zero-order chi connectivity index (χ0) is 12.3. The molecular formula is C14H15NO2. The zero-order valence-corrected chi connectivity index (χ0v) is 9.60. The van der Waals surface area contributed by atoms with E-state index in [1.165, 1.54) is 0 Å². The monoisotopic (exact) mass is 229 g/mol. The van der Waals surface area contributed by atoms with Crippen LogP contribution >= 0.6 is 0 Å². The summed E-state index contributed by atoms with van der Waals surface area (Å²) in [6.45, 7) is 0.707. The maximum Gasteiger partial charge on any atom is 0.326 e. The number of aliphatic carboxylic acids is 1. The van der Waals surface area contributed by atoms with Crippen LogP contribution in [0.25, 0.3) is 0 Å². The number of anilines is 1. The molecule has 1 unspecified atom stereocenters. The average molecular weight is 229 g/mol. The van der Waals surface area contributed by atoms with Crippen molar-refractivity contribution in [3.8, 4) is 12.3 Å². The van der Waals surface area contributed by atoms with Gasteiger partial charge in [0.25, 0.3) is 0 Å². The molecule has 0 fully saturated rings. The van der Waals surface area contributed by atoms with Crippen LogP contribution in [0.2, 0.25) is 0 Å². The molecule has 1 aromatic carbocycles. The molecule has 1 heterocycles. The van der Waals surface area contributed by atoms with Gasteiger partial charge in [-0.1, -0.05) is 18.2 Å². The number of nitrogens with zero attached hydrogens (tertiary/aromatic N) is 1. The van der Waals surface area contributed by atoms with Gasteiger partial charge in [0.2, 0.25) is 0 Å². The van der Waals surface area contributed by atoms with Crippen molar-refractivity contribution in [3.05, 3.63) is 29.8 Å². The lowest BCUT2D eigenvalue weighted by Crippen LogP contribution is -2.39. The number of carboxylic acid groups (broad SMARTS) is 1. The van der Waals surface area contributed by atoms with E-state index >= 15 is 0 Å². The SMILES string of the molecule is C#CCCCN1c2ccccc2CC1C(=O)O. The van der Waals surface area contributed by atoms with E-state index in [-0.39, 0.29) is 0 Å². The Labute approximate surface area is 101 Å². The molecule has 1 N–H and O–H groups in total.